The lowest BCUT2D eigenvalue weighted by molar-refractivity contribution is 0.271. The lowest BCUT2D eigenvalue weighted by Gasteiger charge is -2.12. The van der Waals surface area contributed by atoms with Crippen molar-refractivity contribution in [3.63, 3.8) is 0 Å². The Morgan fingerprint density at radius 2 is 1.85 bits per heavy atom. The molecule has 0 atom stereocenters. The zero-order valence-corrected chi connectivity index (χ0v) is 17.0. The van der Waals surface area contributed by atoms with Crippen LogP contribution < -0.4 is 15.5 Å². The average Bonchev–Trinajstić information content (AvgIpc) is 2.60. The van der Waals surface area contributed by atoms with E-state index in [1.807, 2.05) is 30.3 Å². The largest absolute Gasteiger partial charge is 0.490 e. The van der Waals surface area contributed by atoms with Gasteiger partial charge in [-0.25, -0.2) is 0 Å². The number of thiocarbonyl (C=S) groups is 1. The Balaban J connectivity index is 1.88. The summed E-state index contributed by atoms with van der Waals surface area (Å²) in [6.45, 7) is 5.30. The van der Waals surface area contributed by atoms with Crippen molar-refractivity contribution >= 4 is 46.7 Å². The van der Waals surface area contributed by atoms with Gasteiger partial charge >= 0.3 is 0 Å². The molecule has 0 heterocycles. The van der Waals surface area contributed by atoms with Crippen molar-refractivity contribution in [2.75, 3.05) is 6.61 Å². The van der Waals surface area contributed by atoms with Crippen molar-refractivity contribution < 1.29 is 4.74 Å². The molecule has 0 saturated heterocycles. The second-order valence-corrected chi connectivity index (χ2v) is 7.28. The van der Waals surface area contributed by atoms with Crippen molar-refractivity contribution in [2.24, 2.45) is 11.0 Å². The van der Waals surface area contributed by atoms with Crippen LogP contribution in [0.2, 0.25) is 10.0 Å². The average molecular weight is 410 g/mol. The Morgan fingerprint density at radius 1 is 1.19 bits per heavy atom. The van der Waals surface area contributed by atoms with Crippen molar-refractivity contribution in [1.29, 1.82) is 0 Å². The van der Waals surface area contributed by atoms with Gasteiger partial charge in [-0.3, -0.25) is 5.43 Å². The third-order valence-electron chi connectivity index (χ3n) is 3.26. The van der Waals surface area contributed by atoms with E-state index in [1.165, 1.54) is 0 Å². The van der Waals surface area contributed by atoms with Crippen LogP contribution in [-0.2, 0) is 6.54 Å². The molecular weight excluding hydrogens is 389 g/mol. The van der Waals surface area contributed by atoms with E-state index in [0.717, 1.165) is 11.1 Å². The molecule has 0 fully saturated rings. The summed E-state index contributed by atoms with van der Waals surface area (Å²) < 4.78 is 5.65. The van der Waals surface area contributed by atoms with Crippen LogP contribution in [0.15, 0.2) is 47.6 Å². The first-order chi connectivity index (χ1) is 12.5. The molecule has 0 amide bonds. The van der Waals surface area contributed by atoms with Crippen LogP contribution in [0.4, 0.5) is 0 Å². The fraction of sp³-hybridized carbons (Fsp3) is 0.263. The highest BCUT2D eigenvalue weighted by Crippen LogP contribution is 2.34. The number of benzene rings is 2. The predicted molar refractivity (Wildman–Crippen MR) is 113 cm³/mol. The number of halogens is 2. The lowest BCUT2D eigenvalue weighted by atomic mass is 10.2. The van der Waals surface area contributed by atoms with Crippen molar-refractivity contribution in [3.05, 3.63) is 63.6 Å². The molecule has 138 valence electrons. The zero-order chi connectivity index (χ0) is 18.9. The number of nitrogens with one attached hydrogen (secondary N) is 2. The number of rotatable bonds is 7. The molecule has 0 bridgehead atoms. The van der Waals surface area contributed by atoms with Gasteiger partial charge in [0.25, 0.3) is 0 Å². The summed E-state index contributed by atoms with van der Waals surface area (Å²) in [5.74, 6) is 0.879. The highest BCUT2D eigenvalue weighted by atomic mass is 35.5. The molecule has 0 radical (unpaired) electrons. The molecule has 2 aromatic rings. The third-order valence-corrected chi connectivity index (χ3v) is 4.05. The van der Waals surface area contributed by atoms with E-state index in [9.17, 15) is 0 Å². The number of hydrogen-bond acceptors (Lipinski definition) is 3. The normalized spacial score (nSPS) is 11.0. The first-order valence-electron chi connectivity index (χ1n) is 8.18. The maximum atomic E-state index is 6.25. The van der Waals surface area contributed by atoms with Gasteiger partial charge in [-0.1, -0.05) is 67.4 Å². The Labute approximate surface area is 169 Å². The van der Waals surface area contributed by atoms with E-state index < -0.39 is 0 Å². The molecule has 0 aliphatic rings. The lowest BCUT2D eigenvalue weighted by Crippen LogP contribution is -2.31. The molecule has 26 heavy (non-hydrogen) atoms. The van der Waals surface area contributed by atoms with Gasteiger partial charge in [0.05, 0.1) is 22.9 Å². The van der Waals surface area contributed by atoms with Crippen LogP contribution in [0.3, 0.4) is 0 Å². The third kappa shape index (κ3) is 6.83. The quantitative estimate of drug-likeness (QED) is 0.382. The fourth-order valence-corrected chi connectivity index (χ4v) is 2.76. The molecule has 0 saturated carbocycles. The highest BCUT2D eigenvalue weighted by Gasteiger charge is 2.10. The summed E-state index contributed by atoms with van der Waals surface area (Å²) in [6, 6.07) is 13.5. The molecular formula is C19H21Cl2N3OS. The van der Waals surface area contributed by atoms with E-state index in [0.29, 0.717) is 40.0 Å². The highest BCUT2D eigenvalue weighted by molar-refractivity contribution is 7.80. The van der Waals surface area contributed by atoms with Gasteiger partial charge in [-0.15, -0.1) is 0 Å². The summed E-state index contributed by atoms with van der Waals surface area (Å²) in [7, 11) is 0. The van der Waals surface area contributed by atoms with Gasteiger partial charge in [0.15, 0.2) is 10.9 Å². The van der Waals surface area contributed by atoms with E-state index in [4.69, 9.17) is 40.2 Å². The van der Waals surface area contributed by atoms with Crippen LogP contribution in [0.5, 0.6) is 5.75 Å². The zero-order valence-electron chi connectivity index (χ0n) is 14.6. The molecule has 0 aromatic heterocycles. The second-order valence-electron chi connectivity index (χ2n) is 6.06. The monoisotopic (exact) mass is 409 g/mol. The second kappa shape index (κ2) is 10.4. The SMILES string of the molecule is CC(C)COc1c(Cl)cc(/C=N\NC(=S)NCc2ccccc2)cc1Cl. The number of hydrogen-bond donors (Lipinski definition) is 2. The molecule has 4 nitrogen and oxygen atoms in total. The number of ether oxygens (including phenoxy) is 1. The first kappa shape index (κ1) is 20.5. The molecule has 2 rings (SSSR count). The maximum absolute atomic E-state index is 6.25. The van der Waals surface area contributed by atoms with Gasteiger partial charge in [0.1, 0.15) is 0 Å². The summed E-state index contributed by atoms with van der Waals surface area (Å²) in [6.07, 6.45) is 1.60. The minimum absolute atomic E-state index is 0.386. The molecule has 2 N–H and O–H groups in total. The fourth-order valence-electron chi connectivity index (χ4n) is 2.03. The van der Waals surface area contributed by atoms with E-state index in [1.54, 1.807) is 18.3 Å². The van der Waals surface area contributed by atoms with Gasteiger partial charge in [-0.2, -0.15) is 5.10 Å². The summed E-state index contributed by atoms with van der Waals surface area (Å²) in [5, 5.41) is 8.51. The standard InChI is InChI=1S/C19H21Cl2N3OS/c1-13(2)12-25-18-16(20)8-15(9-17(18)21)11-23-24-19(26)22-10-14-6-4-3-5-7-14/h3-9,11,13H,10,12H2,1-2H3,(H2,22,24,26)/b23-11-. The first-order valence-corrected chi connectivity index (χ1v) is 9.34. The Hall–Kier alpha value is -1.82. The molecule has 0 aliphatic carbocycles. The van der Waals surface area contributed by atoms with Crippen molar-refractivity contribution in [3.8, 4) is 5.75 Å². The van der Waals surface area contributed by atoms with Gasteiger partial charge < -0.3 is 10.1 Å². The molecule has 2 aromatic carbocycles. The minimum Gasteiger partial charge on any atom is -0.490 e. The summed E-state index contributed by atoms with van der Waals surface area (Å²) >= 11 is 17.7. The molecule has 0 aliphatic heterocycles. The Bertz CT molecular complexity index is 744. The number of nitrogens with zero attached hydrogens (tertiary/aromatic N) is 1. The number of hydrazone groups is 1. The molecule has 7 heteroatoms. The summed E-state index contributed by atoms with van der Waals surface area (Å²) in [5.41, 5.74) is 4.65. The Kier molecular flexibility index (Phi) is 8.16. The predicted octanol–water partition coefficient (Wildman–Crippen LogP) is 5.03. The molecule has 0 spiro atoms. The van der Waals surface area contributed by atoms with Gasteiger partial charge in [0.2, 0.25) is 0 Å². The van der Waals surface area contributed by atoms with Crippen LogP contribution in [0.25, 0.3) is 0 Å². The minimum atomic E-state index is 0.386. The van der Waals surface area contributed by atoms with Crippen LogP contribution in [-0.4, -0.2) is 17.9 Å². The van der Waals surface area contributed by atoms with E-state index in [-0.39, 0.29) is 0 Å². The van der Waals surface area contributed by atoms with Crippen LogP contribution in [0.1, 0.15) is 25.0 Å². The van der Waals surface area contributed by atoms with E-state index in [2.05, 4.69) is 29.7 Å². The maximum Gasteiger partial charge on any atom is 0.187 e. The van der Waals surface area contributed by atoms with Gasteiger partial charge in [0, 0.05) is 6.54 Å². The summed E-state index contributed by atoms with van der Waals surface area (Å²) in [4.78, 5) is 0. The smallest absolute Gasteiger partial charge is 0.187 e. The molecule has 0 unspecified atom stereocenters. The van der Waals surface area contributed by atoms with Crippen LogP contribution in [0, 0.1) is 5.92 Å². The Morgan fingerprint density at radius 3 is 2.46 bits per heavy atom. The van der Waals surface area contributed by atoms with Gasteiger partial charge in [-0.05, 0) is 41.4 Å². The van der Waals surface area contributed by atoms with Crippen molar-refractivity contribution in [1.82, 2.24) is 10.7 Å². The van der Waals surface area contributed by atoms with Crippen molar-refractivity contribution in [2.45, 2.75) is 20.4 Å². The topological polar surface area (TPSA) is 45.6 Å². The van der Waals surface area contributed by atoms with E-state index >= 15 is 0 Å². The van der Waals surface area contributed by atoms with Crippen LogP contribution >= 0.6 is 35.4 Å².